The van der Waals surface area contributed by atoms with E-state index in [9.17, 15) is 9.59 Å². The molecule has 9 heteroatoms. The molecule has 2 fully saturated rings. The molecule has 0 radical (unpaired) electrons. The first-order chi connectivity index (χ1) is 16.2. The molecule has 3 aliphatic rings. The molecule has 8 nitrogen and oxygen atoms in total. The van der Waals surface area contributed by atoms with Crippen LogP contribution < -0.4 is 9.80 Å². The first-order valence-corrected chi connectivity index (χ1v) is 11.7. The average Bonchev–Trinajstić information content (AvgIpc) is 3.25. The van der Waals surface area contributed by atoms with Crippen molar-refractivity contribution in [3.63, 3.8) is 0 Å². The summed E-state index contributed by atoms with van der Waals surface area (Å²) in [5.74, 6) is -0.0128. The van der Waals surface area contributed by atoms with Crippen molar-refractivity contribution in [2.24, 2.45) is 12.5 Å². The van der Waals surface area contributed by atoms with Gasteiger partial charge in [-0.25, -0.2) is 4.98 Å². The molecule has 1 spiro atoms. The molecule has 0 saturated carbocycles. The molecule has 3 aliphatic heterocycles. The summed E-state index contributed by atoms with van der Waals surface area (Å²) in [6.07, 6.45) is 6.84. The van der Waals surface area contributed by atoms with Crippen molar-refractivity contribution in [1.82, 2.24) is 19.4 Å². The molecule has 1 aromatic carbocycles. The molecule has 0 N–H and O–H groups in total. The van der Waals surface area contributed by atoms with E-state index in [2.05, 4.69) is 14.9 Å². The number of aromatic nitrogens is 3. The van der Waals surface area contributed by atoms with Crippen LogP contribution in [0.25, 0.3) is 0 Å². The fourth-order valence-electron chi connectivity index (χ4n) is 5.63. The number of imidazole rings is 1. The lowest BCUT2D eigenvalue weighted by Crippen LogP contribution is -2.73. The number of rotatable bonds is 3. The van der Waals surface area contributed by atoms with Gasteiger partial charge < -0.3 is 14.4 Å². The molecular formula is C25H25ClN6O2. The summed E-state index contributed by atoms with van der Waals surface area (Å²) in [5, 5.41) is 0.621. The molecule has 3 aromatic rings. The Labute approximate surface area is 202 Å². The van der Waals surface area contributed by atoms with E-state index in [1.54, 1.807) is 40.3 Å². The molecule has 6 rings (SSSR count). The minimum Gasteiger partial charge on any atom is -0.369 e. The van der Waals surface area contributed by atoms with E-state index in [0.717, 1.165) is 43.1 Å². The number of carbonyl (C=O) groups excluding carboxylic acids is 2. The highest BCUT2D eigenvalue weighted by Crippen LogP contribution is 2.45. The smallest absolute Gasteiger partial charge is 0.272 e. The Morgan fingerprint density at radius 3 is 2.44 bits per heavy atom. The molecule has 0 atom stereocenters. The lowest BCUT2D eigenvalue weighted by atomic mass is 9.72. The number of likely N-dealkylation sites (tertiary alicyclic amines) is 1. The van der Waals surface area contributed by atoms with Gasteiger partial charge in [0.05, 0.1) is 41.8 Å². The number of carbonyl (C=O) groups is 2. The Balaban J connectivity index is 1.17. The van der Waals surface area contributed by atoms with E-state index >= 15 is 0 Å². The van der Waals surface area contributed by atoms with Gasteiger partial charge in [0.25, 0.3) is 11.8 Å². The Morgan fingerprint density at radius 2 is 1.74 bits per heavy atom. The van der Waals surface area contributed by atoms with Crippen molar-refractivity contribution >= 4 is 34.8 Å². The fourth-order valence-corrected chi connectivity index (χ4v) is 5.81. The second-order valence-electron chi connectivity index (χ2n) is 10.2. The number of aryl methyl sites for hydroxylation is 1. The molecule has 0 bridgehead atoms. The van der Waals surface area contributed by atoms with Gasteiger partial charge >= 0.3 is 0 Å². The van der Waals surface area contributed by atoms with Gasteiger partial charge in [0.2, 0.25) is 0 Å². The monoisotopic (exact) mass is 476 g/mol. The van der Waals surface area contributed by atoms with Crippen LogP contribution >= 0.6 is 11.6 Å². The van der Waals surface area contributed by atoms with E-state index in [1.165, 1.54) is 0 Å². The summed E-state index contributed by atoms with van der Waals surface area (Å²) in [6.45, 7) is 7.27. The highest BCUT2D eigenvalue weighted by Gasteiger charge is 2.53. The van der Waals surface area contributed by atoms with Crippen molar-refractivity contribution in [2.75, 3.05) is 36.0 Å². The molecule has 5 heterocycles. The first kappa shape index (κ1) is 21.2. The van der Waals surface area contributed by atoms with Gasteiger partial charge in [-0.1, -0.05) is 11.6 Å². The van der Waals surface area contributed by atoms with Crippen LogP contribution in [0.2, 0.25) is 5.02 Å². The van der Waals surface area contributed by atoms with Gasteiger partial charge in [-0.2, -0.15) is 0 Å². The Hall–Kier alpha value is -3.39. The Morgan fingerprint density at radius 1 is 1.00 bits per heavy atom. The van der Waals surface area contributed by atoms with Crippen molar-refractivity contribution in [3.8, 4) is 0 Å². The van der Waals surface area contributed by atoms with Gasteiger partial charge in [-0.05, 0) is 43.7 Å². The maximum atomic E-state index is 13.3. The predicted molar refractivity (Wildman–Crippen MR) is 129 cm³/mol. The van der Waals surface area contributed by atoms with Gasteiger partial charge in [-0.3, -0.25) is 19.5 Å². The maximum Gasteiger partial charge on any atom is 0.272 e. The molecule has 2 saturated heterocycles. The van der Waals surface area contributed by atoms with E-state index < -0.39 is 5.54 Å². The predicted octanol–water partition coefficient (Wildman–Crippen LogP) is 3.33. The molecule has 2 amide bonds. The van der Waals surface area contributed by atoms with Crippen molar-refractivity contribution in [2.45, 2.75) is 19.4 Å². The zero-order valence-corrected chi connectivity index (χ0v) is 20.1. The minimum absolute atomic E-state index is 0.0298. The van der Waals surface area contributed by atoms with Crippen molar-refractivity contribution in [1.29, 1.82) is 0 Å². The van der Waals surface area contributed by atoms with Crippen LogP contribution in [0.1, 0.15) is 40.3 Å². The van der Waals surface area contributed by atoms with Crippen LogP contribution in [-0.4, -0.2) is 57.4 Å². The summed E-state index contributed by atoms with van der Waals surface area (Å²) < 4.78 is 1.75. The van der Waals surface area contributed by atoms with Gasteiger partial charge in [-0.15, -0.1) is 0 Å². The first-order valence-electron chi connectivity index (χ1n) is 11.3. The van der Waals surface area contributed by atoms with Gasteiger partial charge in [0, 0.05) is 49.2 Å². The lowest BCUT2D eigenvalue weighted by molar-refractivity contribution is -0.0111. The quantitative estimate of drug-likeness (QED) is 0.579. The number of pyridine rings is 1. The topological polar surface area (TPSA) is 74.6 Å². The van der Waals surface area contributed by atoms with Crippen molar-refractivity contribution < 1.29 is 9.59 Å². The molecule has 0 aliphatic carbocycles. The van der Waals surface area contributed by atoms with Crippen LogP contribution in [0, 0.1) is 5.41 Å². The third-order valence-electron chi connectivity index (χ3n) is 7.39. The minimum atomic E-state index is -0.533. The van der Waals surface area contributed by atoms with Gasteiger partial charge in [0.1, 0.15) is 5.69 Å². The number of halogens is 1. The van der Waals surface area contributed by atoms with Crippen molar-refractivity contribution in [3.05, 3.63) is 71.0 Å². The summed E-state index contributed by atoms with van der Waals surface area (Å²) in [6, 6.07) is 7.46. The third-order valence-corrected chi connectivity index (χ3v) is 7.63. The highest BCUT2D eigenvalue weighted by molar-refractivity contribution is 6.31. The number of anilines is 2. The zero-order valence-electron chi connectivity index (χ0n) is 19.3. The zero-order chi connectivity index (χ0) is 23.8. The van der Waals surface area contributed by atoms with Crippen LogP contribution in [-0.2, 0) is 12.6 Å². The molecular weight excluding hydrogens is 452 g/mol. The molecule has 34 heavy (non-hydrogen) atoms. The number of benzene rings is 1. The number of fused-ring (bicyclic) bond motifs is 1. The average molecular weight is 477 g/mol. The Bertz CT molecular complexity index is 1330. The fraction of sp³-hybridized carbons (Fsp3) is 0.360. The maximum absolute atomic E-state index is 13.3. The third kappa shape index (κ3) is 2.98. The largest absolute Gasteiger partial charge is 0.369 e. The van der Waals surface area contributed by atoms with Crippen LogP contribution in [0.4, 0.5) is 11.4 Å². The molecule has 174 valence electrons. The Kier molecular flexibility index (Phi) is 4.39. The van der Waals surface area contributed by atoms with E-state index in [1.807, 2.05) is 44.1 Å². The highest BCUT2D eigenvalue weighted by atomic mass is 35.5. The van der Waals surface area contributed by atoms with E-state index in [0.29, 0.717) is 16.3 Å². The summed E-state index contributed by atoms with van der Waals surface area (Å²) >= 11 is 6.22. The summed E-state index contributed by atoms with van der Waals surface area (Å²) in [7, 11) is 1.83. The normalized spacial score (nSPS) is 19.8. The van der Waals surface area contributed by atoms with Crippen LogP contribution in [0.15, 0.2) is 49.2 Å². The van der Waals surface area contributed by atoms with Crippen LogP contribution in [0.3, 0.4) is 0 Å². The standard InChI is InChI=1S/C25H25ClN6O2/c1-24(2)20-6-16(26)4-5-19(20)22(33)32(24)18-7-17(8-27-9-18)30-11-25(12-30)13-31(14-25)23(34)21-10-28-15-29(21)3/h4-10,15H,11-14H2,1-3H3. The lowest BCUT2D eigenvalue weighted by Gasteiger charge is -2.60. The number of amides is 2. The molecule has 0 unspecified atom stereocenters. The van der Waals surface area contributed by atoms with Crippen LogP contribution in [0.5, 0.6) is 0 Å². The SMILES string of the molecule is Cn1cncc1C(=O)N1CC2(C1)CN(c1cncc(N3C(=O)c4ccc(Cl)cc4C3(C)C)c1)C2. The van der Waals surface area contributed by atoms with E-state index in [-0.39, 0.29) is 17.2 Å². The summed E-state index contributed by atoms with van der Waals surface area (Å²) in [5.41, 5.74) is 3.55. The second-order valence-corrected chi connectivity index (χ2v) is 10.6. The summed E-state index contributed by atoms with van der Waals surface area (Å²) in [4.78, 5) is 40.4. The van der Waals surface area contributed by atoms with E-state index in [4.69, 9.17) is 11.6 Å². The second kappa shape index (κ2) is 7.06. The number of hydrogen-bond acceptors (Lipinski definition) is 5. The van der Waals surface area contributed by atoms with Gasteiger partial charge in [0.15, 0.2) is 0 Å². The molecule has 2 aromatic heterocycles. The number of hydrogen-bond donors (Lipinski definition) is 0. The number of nitrogens with zero attached hydrogens (tertiary/aromatic N) is 6.